The summed E-state index contributed by atoms with van der Waals surface area (Å²) in [6.45, 7) is 6.68. The Kier molecular flexibility index (Phi) is 4.11. The van der Waals surface area contributed by atoms with E-state index in [2.05, 4.69) is 31.2 Å². The predicted octanol–water partition coefficient (Wildman–Crippen LogP) is 2.42. The highest BCUT2D eigenvalue weighted by Crippen LogP contribution is 2.12. The van der Waals surface area contributed by atoms with Crippen LogP contribution in [-0.4, -0.2) is 12.7 Å². The minimum absolute atomic E-state index is 0.0157. The number of rotatable bonds is 4. The minimum Gasteiger partial charge on any atom is -0.377 e. The number of ether oxygens (including phenoxy) is 1. The molecule has 0 saturated carbocycles. The number of hydrogen-bond acceptors (Lipinski definition) is 2. The first-order valence-corrected chi connectivity index (χ1v) is 5.03. The second-order valence-corrected chi connectivity index (χ2v) is 3.90. The van der Waals surface area contributed by atoms with Crippen LogP contribution in [-0.2, 0) is 4.74 Å². The van der Waals surface area contributed by atoms with Gasteiger partial charge in [0.05, 0.1) is 18.8 Å². The van der Waals surface area contributed by atoms with Gasteiger partial charge in [0, 0.05) is 0 Å². The number of benzene rings is 1. The van der Waals surface area contributed by atoms with E-state index in [4.69, 9.17) is 10.5 Å². The summed E-state index contributed by atoms with van der Waals surface area (Å²) in [6.07, 6.45) is 0.242. The van der Waals surface area contributed by atoms with Crippen molar-refractivity contribution in [2.24, 2.45) is 5.73 Å². The van der Waals surface area contributed by atoms with Crippen molar-refractivity contribution >= 4 is 0 Å². The highest BCUT2D eigenvalue weighted by Gasteiger charge is 2.06. The molecule has 2 N–H and O–H groups in total. The van der Waals surface area contributed by atoms with Crippen molar-refractivity contribution in [3.05, 3.63) is 35.4 Å². The third-order valence-electron chi connectivity index (χ3n) is 2.11. The summed E-state index contributed by atoms with van der Waals surface area (Å²) in [6, 6.07) is 8.25. The monoisotopic (exact) mass is 193 g/mol. The highest BCUT2D eigenvalue weighted by atomic mass is 16.5. The van der Waals surface area contributed by atoms with Gasteiger partial charge in [-0.2, -0.15) is 0 Å². The van der Waals surface area contributed by atoms with Crippen LogP contribution in [0.5, 0.6) is 0 Å². The van der Waals surface area contributed by atoms with Gasteiger partial charge in [-0.1, -0.05) is 29.8 Å². The maximum atomic E-state index is 5.97. The summed E-state index contributed by atoms with van der Waals surface area (Å²) in [5.74, 6) is 0. The zero-order valence-electron chi connectivity index (χ0n) is 9.16. The fourth-order valence-corrected chi connectivity index (χ4v) is 1.21. The highest BCUT2D eigenvalue weighted by molar-refractivity contribution is 5.23. The van der Waals surface area contributed by atoms with Gasteiger partial charge in [-0.15, -0.1) is 0 Å². The van der Waals surface area contributed by atoms with Gasteiger partial charge >= 0.3 is 0 Å². The summed E-state index contributed by atoms with van der Waals surface area (Å²) < 4.78 is 5.46. The van der Waals surface area contributed by atoms with Crippen molar-refractivity contribution in [2.45, 2.75) is 32.9 Å². The first-order valence-electron chi connectivity index (χ1n) is 5.03. The van der Waals surface area contributed by atoms with E-state index in [1.54, 1.807) is 0 Å². The smallest absolute Gasteiger partial charge is 0.0662 e. The molecule has 0 aliphatic carbocycles. The van der Waals surface area contributed by atoms with Crippen molar-refractivity contribution in [3.63, 3.8) is 0 Å². The number of hydrogen-bond donors (Lipinski definition) is 1. The molecule has 1 unspecified atom stereocenters. The largest absolute Gasteiger partial charge is 0.377 e. The average Bonchev–Trinajstić information content (AvgIpc) is 2.15. The summed E-state index contributed by atoms with van der Waals surface area (Å²) in [7, 11) is 0. The van der Waals surface area contributed by atoms with Crippen molar-refractivity contribution in [2.75, 3.05) is 6.61 Å². The molecule has 0 aromatic heterocycles. The van der Waals surface area contributed by atoms with E-state index >= 15 is 0 Å². The van der Waals surface area contributed by atoms with Crippen LogP contribution in [0, 0.1) is 6.92 Å². The molecule has 0 radical (unpaired) electrons. The average molecular weight is 193 g/mol. The van der Waals surface area contributed by atoms with Gasteiger partial charge in [-0.05, 0) is 26.3 Å². The molecule has 0 saturated heterocycles. The molecule has 2 heteroatoms. The molecule has 0 spiro atoms. The first-order chi connectivity index (χ1) is 6.59. The number of nitrogens with two attached hydrogens (primary N) is 1. The molecule has 1 atom stereocenters. The molecular formula is C12H19NO. The van der Waals surface area contributed by atoms with Crippen LogP contribution in [0.3, 0.4) is 0 Å². The molecule has 0 bridgehead atoms. The van der Waals surface area contributed by atoms with Crippen LogP contribution in [0.15, 0.2) is 24.3 Å². The third kappa shape index (κ3) is 3.48. The van der Waals surface area contributed by atoms with Crippen LogP contribution in [0.1, 0.15) is 31.0 Å². The van der Waals surface area contributed by atoms with E-state index in [0.29, 0.717) is 6.61 Å². The summed E-state index contributed by atoms with van der Waals surface area (Å²) >= 11 is 0. The van der Waals surface area contributed by atoms with Crippen molar-refractivity contribution < 1.29 is 4.74 Å². The van der Waals surface area contributed by atoms with E-state index in [1.165, 1.54) is 5.56 Å². The van der Waals surface area contributed by atoms with Crippen molar-refractivity contribution in [1.82, 2.24) is 0 Å². The van der Waals surface area contributed by atoms with Gasteiger partial charge < -0.3 is 10.5 Å². The Bertz CT molecular complexity index is 266. The molecule has 78 valence electrons. The number of aryl methyl sites for hydroxylation is 1. The Morgan fingerprint density at radius 1 is 1.21 bits per heavy atom. The molecule has 0 heterocycles. The zero-order valence-corrected chi connectivity index (χ0v) is 9.16. The fraction of sp³-hybridized carbons (Fsp3) is 0.500. The Hall–Kier alpha value is -0.860. The standard InChI is InChI=1S/C12H19NO/c1-9(2)14-8-12(13)11-6-4-10(3)5-7-11/h4-7,9,12H,8,13H2,1-3H3. The second kappa shape index (κ2) is 5.13. The Morgan fingerprint density at radius 3 is 2.29 bits per heavy atom. The predicted molar refractivity (Wildman–Crippen MR) is 59.2 cm³/mol. The topological polar surface area (TPSA) is 35.2 Å². The first kappa shape index (κ1) is 11.2. The lowest BCUT2D eigenvalue weighted by Crippen LogP contribution is -2.19. The quantitative estimate of drug-likeness (QED) is 0.797. The van der Waals surface area contributed by atoms with Gasteiger partial charge in [0.2, 0.25) is 0 Å². The van der Waals surface area contributed by atoms with Crippen molar-refractivity contribution in [3.8, 4) is 0 Å². The normalized spacial score (nSPS) is 13.2. The van der Waals surface area contributed by atoms with Gasteiger partial charge in [0.25, 0.3) is 0 Å². The molecule has 0 fully saturated rings. The Morgan fingerprint density at radius 2 is 1.79 bits per heavy atom. The van der Waals surface area contributed by atoms with Crippen LogP contribution in [0.2, 0.25) is 0 Å². The lowest BCUT2D eigenvalue weighted by Gasteiger charge is -2.14. The van der Waals surface area contributed by atoms with Crippen LogP contribution >= 0.6 is 0 Å². The molecular weight excluding hydrogens is 174 g/mol. The molecule has 14 heavy (non-hydrogen) atoms. The summed E-state index contributed by atoms with van der Waals surface area (Å²) in [4.78, 5) is 0. The molecule has 1 rings (SSSR count). The second-order valence-electron chi connectivity index (χ2n) is 3.90. The van der Waals surface area contributed by atoms with E-state index in [9.17, 15) is 0 Å². The van der Waals surface area contributed by atoms with E-state index in [-0.39, 0.29) is 12.1 Å². The van der Waals surface area contributed by atoms with E-state index < -0.39 is 0 Å². The summed E-state index contributed by atoms with van der Waals surface area (Å²) in [5.41, 5.74) is 8.36. The molecule has 1 aromatic rings. The third-order valence-corrected chi connectivity index (χ3v) is 2.11. The lowest BCUT2D eigenvalue weighted by atomic mass is 10.1. The van der Waals surface area contributed by atoms with Gasteiger partial charge in [-0.3, -0.25) is 0 Å². The minimum atomic E-state index is -0.0157. The van der Waals surface area contributed by atoms with E-state index in [1.807, 2.05) is 13.8 Å². The molecule has 2 nitrogen and oxygen atoms in total. The Labute approximate surface area is 86.1 Å². The van der Waals surface area contributed by atoms with Crippen LogP contribution in [0.4, 0.5) is 0 Å². The maximum absolute atomic E-state index is 5.97. The molecule has 0 aliphatic heterocycles. The molecule has 1 aromatic carbocycles. The fourth-order valence-electron chi connectivity index (χ4n) is 1.21. The molecule has 0 amide bonds. The van der Waals surface area contributed by atoms with Crippen molar-refractivity contribution in [1.29, 1.82) is 0 Å². The SMILES string of the molecule is Cc1ccc(C(N)COC(C)C)cc1. The zero-order chi connectivity index (χ0) is 10.6. The molecule has 0 aliphatic rings. The summed E-state index contributed by atoms with van der Waals surface area (Å²) in [5, 5.41) is 0. The lowest BCUT2D eigenvalue weighted by molar-refractivity contribution is 0.0683. The van der Waals surface area contributed by atoms with Crippen LogP contribution < -0.4 is 5.73 Å². The maximum Gasteiger partial charge on any atom is 0.0662 e. The van der Waals surface area contributed by atoms with Crippen LogP contribution in [0.25, 0.3) is 0 Å². The van der Waals surface area contributed by atoms with Gasteiger partial charge in [0.15, 0.2) is 0 Å². The van der Waals surface area contributed by atoms with E-state index in [0.717, 1.165) is 5.56 Å². The van der Waals surface area contributed by atoms with Gasteiger partial charge in [0.1, 0.15) is 0 Å². The van der Waals surface area contributed by atoms with Gasteiger partial charge in [-0.25, -0.2) is 0 Å². The Balaban J connectivity index is 2.52.